The number of aliphatic hydroxyl groups is 2. The first-order chi connectivity index (χ1) is 17.6. The molecule has 37 heavy (non-hydrogen) atoms. The summed E-state index contributed by atoms with van der Waals surface area (Å²) >= 11 is 0. The number of alkyl carbamates (subject to hydrolysis) is 1. The number of guanidine groups is 2. The van der Waals surface area contributed by atoms with Crippen LogP contribution in [0.25, 0.3) is 0 Å². The summed E-state index contributed by atoms with van der Waals surface area (Å²) in [5, 5.41) is 26.8. The molecule has 4 rings (SSSR count). The Labute approximate surface area is 214 Å². The number of ketones is 1. The minimum absolute atomic E-state index is 0.00505. The number of halogens is 1. The molecule has 8 N–H and O–H groups in total. The summed E-state index contributed by atoms with van der Waals surface area (Å²) in [5.41, 5.74) is 11.0. The SMILES string of the molecule is NC1=N[C@H]2[C@H](COC(=O)NCCCCCCCC(=O)c3ccc(F)cc3)N=C(N)N3CCC(O)(O)[C@]23N1. The first-order valence-electron chi connectivity index (χ1n) is 12.5. The van der Waals surface area contributed by atoms with Crippen molar-refractivity contribution in [2.24, 2.45) is 21.5 Å². The number of hydrogen-bond donors (Lipinski definition) is 6. The van der Waals surface area contributed by atoms with Crippen molar-refractivity contribution in [2.75, 3.05) is 19.7 Å². The summed E-state index contributed by atoms with van der Waals surface area (Å²) < 4.78 is 18.3. The van der Waals surface area contributed by atoms with Gasteiger partial charge >= 0.3 is 6.09 Å². The van der Waals surface area contributed by atoms with Crippen LogP contribution in [0.1, 0.15) is 55.3 Å². The standard InChI is InChI=1S/C24H34FN7O5/c25-16-9-7-15(8-10-16)18(33)6-4-2-1-3-5-12-28-22(34)37-14-17-19-24(31-20(26)30-19)23(35,36)11-13-32(24)21(27)29-17/h7-10,17,19,35-36H,1-6,11-14H2,(H2,27,29)(H,28,34)(H3,26,30,31)/t17-,19-,24-/m0/s1. The number of nitrogens with one attached hydrogen (secondary N) is 2. The Morgan fingerprint density at radius 1 is 1.14 bits per heavy atom. The molecule has 1 fully saturated rings. The highest BCUT2D eigenvalue weighted by atomic mass is 19.1. The number of unbranched alkanes of at least 4 members (excludes halogenated alkanes) is 4. The number of carbonyl (C=O) groups excluding carboxylic acids is 2. The van der Waals surface area contributed by atoms with Crippen molar-refractivity contribution in [3.05, 3.63) is 35.6 Å². The fraction of sp³-hybridized carbons (Fsp3) is 0.583. The summed E-state index contributed by atoms with van der Waals surface area (Å²) in [7, 11) is 0. The highest BCUT2D eigenvalue weighted by Gasteiger charge is 2.69. The van der Waals surface area contributed by atoms with Crippen molar-refractivity contribution >= 4 is 23.8 Å². The molecule has 0 radical (unpaired) electrons. The molecule has 1 aromatic carbocycles. The molecular weight excluding hydrogens is 485 g/mol. The molecule has 13 heteroatoms. The Hall–Kier alpha value is -3.45. The molecule has 3 aliphatic heterocycles. The van der Waals surface area contributed by atoms with Crippen LogP contribution in [-0.2, 0) is 4.74 Å². The Balaban J connectivity index is 1.13. The predicted octanol–water partition coefficient (Wildman–Crippen LogP) is 0.142. The molecule has 1 saturated heterocycles. The Kier molecular flexibility index (Phi) is 7.83. The van der Waals surface area contributed by atoms with E-state index in [2.05, 4.69) is 20.6 Å². The van der Waals surface area contributed by atoms with E-state index in [1.54, 1.807) is 0 Å². The molecule has 1 spiro atoms. The van der Waals surface area contributed by atoms with E-state index in [1.165, 1.54) is 29.2 Å². The van der Waals surface area contributed by atoms with E-state index in [4.69, 9.17) is 16.2 Å². The number of carbonyl (C=O) groups is 2. The second-order valence-corrected chi connectivity index (χ2v) is 9.60. The lowest BCUT2D eigenvalue weighted by atomic mass is 9.87. The van der Waals surface area contributed by atoms with Crippen molar-refractivity contribution < 1.29 is 28.9 Å². The van der Waals surface area contributed by atoms with Crippen LogP contribution < -0.4 is 22.1 Å². The molecular formula is C24H34FN7O5. The van der Waals surface area contributed by atoms with Crippen molar-refractivity contribution in [3.8, 4) is 0 Å². The summed E-state index contributed by atoms with van der Waals surface area (Å²) in [6, 6.07) is 4.02. The van der Waals surface area contributed by atoms with Gasteiger partial charge < -0.3 is 42.0 Å². The Bertz CT molecular complexity index is 1060. The quantitative estimate of drug-likeness (QED) is 0.134. The number of Topliss-reactive ketones (excluding diaryl/α,β-unsaturated/α-hetero) is 1. The van der Waals surface area contributed by atoms with Gasteiger partial charge in [0.2, 0.25) is 5.79 Å². The van der Waals surface area contributed by atoms with E-state index in [9.17, 15) is 24.2 Å². The van der Waals surface area contributed by atoms with E-state index in [0.717, 1.165) is 32.1 Å². The lowest BCUT2D eigenvalue weighted by Crippen LogP contribution is -2.76. The van der Waals surface area contributed by atoms with Gasteiger partial charge in [0.25, 0.3) is 0 Å². The summed E-state index contributed by atoms with van der Waals surface area (Å²) in [6.07, 6.45) is 4.00. The Morgan fingerprint density at radius 3 is 2.59 bits per heavy atom. The van der Waals surface area contributed by atoms with Crippen LogP contribution in [0.2, 0.25) is 0 Å². The number of aliphatic imine (C=N–C) groups is 2. The minimum atomic E-state index is -2.16. The van der Waals surface area contributed by atoms with Crippen molar-refractivity contribution in [1.29, 1.82) is 0 Å². The van der Waals surface area contributed by atoms with Crippen LogP contribution in [-0.4, -0.2) is 82.1 Å². The van der Waals surface area contributed by atoms with E-state index in [0.29, 0.717) is 18.5 Å². The number of amides is 1. The molecule has 12 nitrogen and oxygen atoms in total. The zero-order chi connectivity index (χ0) is 26.6. The smallest absolute Gasteiger partial charge is 0.407 e. The summed E-state index contributed by atoms with van der Waals surface area (Å²) in [6.45, 7) is 0.518. The van der Waals surface area contributed by atoms with Gasteiger partial charge in [-0.1, -0.05) is 19.3 Å². The van der Waals surface area contributed by atoms with Crippen LogP contribution in [0.5, 0.6) is 0 Å². The van der Waals surface area contributed by atoms with Crippen LogP contribution in [0.15, 0.2) is 34.3 Å². The lowest BCUT2D eigenvalue weighted by molar-refractivity contribution is -0.221. The highest BCUT2D eigenvalue weighted by Crippen LogP contribution is 2.44. The summed E-state index contributed by atoms with van der Waals surface area (Å²) in [4.78, 5) is 34.4. The molecule has 0 aliphatic carbocycles. The lowest BCUT2D eigenvalue weighted by Gasteiger charge is -2.48. The van der Waals surface area contributed by atoms with Crippen molar-refractivity contribution in [3.63, 3.8) is 0 Å². The first-order valence-corrected chi connectivity index (χ1v) is 12.5. The van der Waals surface area contributed by atoms with Gasteiger partial charge in [-0.3, -0.25) is 4.79 Å². The van der Waals surface area contributed by atoms with Crippen molar-refractivity contribution in [2.45, 2.75) is 68.5 Å². The van der Waals surface area contributed by atoms with Crippen LogP contribution >= 0.6 is 0 Å². The average Bonchev–Trinajstić information content (AvgIpc) is 3.35. The molecule has 0 saturated carbocycles. The van der Waals surface area contributed by atoms with E-state index < -0.39 is 29.6 Å². The molecule has 202 valence electrons. The van der Waals surface area contributed by atoms with Gasteiger partial charge in [-0.05, 0) is 37.1 Å². The zero-order valence-electron chi connectivity index (χ0n) is 20.5. The molecule has 0 aromatic heterocycles. The van der Waals surface area contributed by atoms with Gasteiger partial charge in [-0.15, -0.1) is 0 Å². The zero-order valence-corrected chi connectivity index (χ0v) is 20.5. The van der Waals surface area contributed by atoms with E-state index in [1.807, 2.05) is 0 Å². The maximum atomic E-state index is 12.9. The number of ether oxygens (including phenoxy) is 1. The molecule has 3 heterocycles. The molecule has 1 aromatic rings. The molecule has 1 amide bonds. The second kappa shape index (κ2) is 10.9. The van der Waals surface area contributed by atoms with E-state index in [-0.39, 0.29) is 43.1 Å². The van der Waals surface area contributed by atoms with Gasteiger partial charge in [0, 0.05) is 31.5 Å². The fourth-order valence-electron chi connectivity index (χ4n) is 5.18. The third-order valence-corrected chi connectivity index (χ3v) is 7.09. The number of benzene rings is 1. The monoisotopic (exact) mass is 519 g/mol. The maximum absolute atomic E-state index is 12.9. The van der Waals surface area contributed by atoms with E-state index >= 15 is 0 Å². The van der Waals surface area contributed by atoms with Gasteiger partial charge in [0.05, 0.1) is 0 Å². The number of rotatable bonds is 11. The fourth-order valence-corrected chi connectivity index (χ4v) is 5.18. The molecule has 0 unspecified atom stereocenters. The molecule has 3 atom stereocenters. The third-order valence-electron chi connectivity index (χ3n) is 7.09. The van der Waals surface area contributed by atoms with Crippen LogP contribution in [0.3, 0.4) is 0 Å². The maximum Gasteiger partial charge on any atom is 0.407 e. The largest absolute Gasteiger partial charge is 0.447 e. The van der Waals surface area contributed by atoms with Gasteiger partial charge in [0.15, 0.2) is 23.4 Å². The van der Waals surface area contributed by atoms with Gasteiger partial charge in [-0.2, -0.15) is 0 Å². The number of nitrogens with zero attached hydrogens (tertiary/aromatic N) is 3. The number of hydrogen-bond acceptors (Lipinski definition) is 11. The van der Waals surface area contributed by atoms with Crippen LogP contribution in [0, 0.1) is 5.82 Å². The second-order valence-electron chi connectivity index (χ2n) is 9.60. The van der Waals surface area contributed by atoms with Crippen molar-refractivity contribution in [1.82, 2.24) is 15.5 Å². The van der Waals surface area contributed by atoms with Gasteiger partial charge in [0.1, 0.15) is 24.5 Å². The molecule has 0 bridgehead atoms. The van der Waals surface area contributed by atoms with Gasteiger partial charge in [-0.25, -0.2) is 19.2 Å². The van der Waals surface area contributed by atoms with Crippen LogP contribution in [0.4, 0.5) is 9.18 Å². The Morgan fingerprint density at radius 2 is 1.84 bits per heavy atom. The third kappa shape index (κ3) is 5.47. The highest BCUT2D eigenvalue weighted by molar-refractivity contribution is 5.95. The average molecular weight is 520 g/mol. The first kappa shape index (κ1) is 26.6. The summed E-state index contributed by atoms with van der Waals surface area (Å²) in [5.74, 6) is -2.39. The topological polar surface area (TPSA) is 188 Å². The minimum Gasteiger partial charge on any atom is -0.447 e. The molecule has 3 aliphatic rings. The number of nitrogens with two attached hydrogens (primary N) is 2. The normalized spacial score (nSPS) is 25.4. The predicted molar refractivity (Wildman–Crippen MR) is 133 cm³/mol.